The predicted octanol–water partition coefficient (Wildman–Crippen LogP) is 2.72. The van der Waals surface area contributed by atoms with Gasteiger partial charge >= 0.3 is 11.4 Å². The van der Waals surface area contributed by atoms with E-state index < -0.39 is 17.5 Å². The molecule has 5 heteroatoms. The van der Waals surface area contributed by atoms with Gasteiger partial charge in [0.15, 0.2) is 0 Å². The highest BCUT2D eigenvalue weighted by molar-refractivity contribution is 6.31. The first kappa shape index (κ1) is 12.4. The van der Waals surface area contributed by atoms with Crippen molar-refractivity contribution in [2.75, 3.05) is 0 Å². The molecule has 13 heavy (non-hydrogen) atoms. The maximum absolute atomic E-state index is 12.1. The summed E-state index contributed by atoms with van der Waals surface area (Å²) in [5.41, 5.74) is 0. The standard InChI is InChI=1S/C8H11ClF2O2/c1-3-5-6(4-2)13-7(12)8(9,10)11/h3,6H,1,4-5H2,2H3. The summed E-state index contributed by atoms with van der Waals surface area (Å²) >= 11 is 4.45. The number of hydrogen-bond donors (Lipinski definition) is 0. The quantitative estimate of drug-likeness (QED) is 0.398. The van der Waals surface area contributed by atoms with Crippen molar-refractivity contribution in [3.05, 3.63) is 12.7 Å². The largest absolute Gasteiger partial charge is 0.457 e. The van der Waals surface area contributed by atoms with Crippen molar-refractivity contribution in [2.45, 2.75) is 31.3 Å². The van der Waals surface area contributed by atoms with Gasteiger partial charge in [-0.05, 0) is 18.0 Å². The zero-order valence-corrected chi connectivity index (χ0v) is 7.98. The molecule has 1 atom stereocenters. The summed E-state index contributed by atoms with van der Waals surface area (Å²) in [5.74, 6) is -1.71. The average Bonchev–Trinajstić information content (AvgIpc) is 2.01. The molecule has 0 aliphatic heterocycles. The van der Waals surface area contributed by atoms with E-state index >= 15 is 0 Å². The number of hydrogen-bond acceptors (Lipinski definition) is 2. The fourth-order valence-corrected chi connectivity index (χ4v) is 0.747. The Hall–Kier alpha value is -0.640. The molecule has 76 valence electrons. The molecule has 2 nitrogen and oxygen atoms in total. The van der Waals surface area contributed by atoms with Crippen molar-refractivity contribution < 1.29 is 18.3 Å². The molecule has 1 unspecified atom stereocenters. The molecule has 0 fully saturated rings. The van der Waals surface area contributed by atoms with Crippen molar-refractivity contribution in [2.24, 2.45) is 0 Å². The lowest BCUT2D eigenvalue weighted by Gasteiger charge is -2.15. The molecule has 0 aliphatic carbocycles. The van der Waals surface area contributed by atoms with E-state index in [1.807, 2.05) is 0 Å². The van der Waals surface area contributed by atoms with Crippen LogP contribution in [0.1, 0.15) is 19.8 Å². The maximum atomic E-state index is 12.1. The van der Waals surface area contributed by atoms with Crippen LogP contribution in [-0.4, -0.2) is 17.5 Å². The number of rotatable bonds is 5. The summed E-state index contributed by atoms with van der Waals surface area (Å²) in [6.45, 7) is 5.12. The number of esters is 1. The van der Waals surface area contributed by atoms with Gasteiger partial charge in [0.2, 0.25) is 0 Å². The number of ether oxygens (including phenoxy) is 1. The highest BCUT2D eigenvalue weighted by Gasteiger charge is 2.38. The van der Waals surface area contributed by atoms with Crippen molar-refractivity contribution in [3.63, 3.8) is 0 Å². The first-order valence-electron chi connectivity index (χ1n) is 3.80. The Labute approximate surface area is 80.5 Å². The lowest BCUT2D eigenvalue weighted by Crippen LogP contribution is -2.28. The minimum atomic E-state index is -3.94. The molecule has 0 heterocycles. The van der Waals surface area contributed by atoms with E-state index in [4.69, 9.17) is 0 Å². The molecular formula is C8H11ClF2O2. The highest BCUT2D eigenvalue weighted by Crippen LogP contribution is 2.22. The number of carbonyl (C=O) groups is 1. The maximum Gasteiger partial charge on any atom is 0.417 e. The van der Waals surface area contributed by atoms with Crippen LogP contribution in [0.3, 0.4) is 0 Å². The highest BCUT2D eigenvalue weighted by atomic mass is 35.5. The average molecular weight is 213 g/mol. The van der Waals surface area contributed by atoms with Gasteiger partial charge in [0.1, 0.15) is 6.10 Å². The van der Waals surface area contributed by atoms with Gasteiger partial charge in [-0.25, -0.2) is 4.79 Å². The molecule has 0 saturated carbocycles. The number of alkyl halides is 3. The van der Waals surface area contributed by atoms with Crippen LogP contribution in [0.2, 0.25) is 0 Å². The van der Waals surface area contributed by atoms with Crippen molar-refractivity contribution in [1.29, 1.82) is 0 Å². The van der Waals surface area contributed by atoms with E-state index in [9.17, 15) is 13.6 Å². The Morgan fingerprint density at radius 3 is 2.62 bits per heavy atom. The molecular weight excluding hydrogens is 202 g/mol. The molecule has 0 aromatic heterocycles. The van der Waals surface area contributed by atoms with Crippen molar-refractivity contribution in [1.82, 2.24) is 0 Å². The Bertz CT molecular complexity index is 189. The number of halogens is 3. The van der Waals surface area contributed by atoms with Crippen LogP contribution >= 0.6 is 11.6 Å². The fraction of sp³-hybridized carbons (Fsp3) is 0.625. The minimum absolute atomic E-state index is 0.342. The molecule has 0 aliphatic rings. The van der Waals surface area contributed by atoms with Gasteiger partial charge in [-0.15, -0.1) is 6.58 Å². The van der Waals surface area contributed by atoms with Gasteiger partial charge in [0.05, 0.1) is 0 Å². The van der Waals surface area contributed by atoms with Crippen LogP contribution < -0.4 is 0 Å². The summed E-state index contributed by atoms with van der Waals surface area (Å²) in [6.07, 6.45) is 1.71. The summed E-state index contributed by atoms with van der Waals surface area (Å²) < 4.78 is 28.6. The van der Waals surface area contributed by atoms with E-state index in [-0.39, 0.29) is 0 Å². The SMILES string of the molecule is C=CCC(CC)OC(=O)C(F)(F)Cl. The molecule has 0 N–H and O–H groups in total. The normalized spacial score (nSPS) is 13.5. The minimum Gasteiger partial charge on any atom is -0.457 e. The van der Waals surface area contributed by atoms with Gasteiger partial charge in [0.25, 0.3) is 0 Å². The van der Waals surface area contributed by atoms with Crippen molar-refractivity contribution >= 4 is 17.6 Å². The molecule has 0 saturated heterocycles. The van der Waals surface area contributed by atoms with Gasteiger partial charge in [-0.3, -0.25) is 0 Å². The summed E-state index contributed by atoms with van der Waals surface area (Å²) in [6, 6.07) is 0. The van der Waals surface area contributed by atoms with Crippen LogP contribution in [0.15, 0.2) is 12.7 Å². The lowest BCUT2D eigenvalue weighted by molar-refractivity contribution is -0.166. The monoisotopic (exact) mass is 212 g/mol. The zero-order chi connectivity index (χ0) is 10.5. The molecule has 0 bridgehead atoms. The second-order valence-electron chi connectivity index (χ2n) is 2.46. The van der Waals surface area contributed by atoms with Gasteiger partial charge < -0.3 is 4.74 Å². The van der Waals surface area contributed by atoms with Crippen LogP contribution in [-0.2, 0) is 9.53 Å². The van der Waals surface area contributed by atoms with Crippen LogP contribution in [0.5, 0.6) is 0 Å². The second kappa shape index (κ2) is 5.17. The third-order valence-electron chi connectivity index (χ3n) is 1.39. The van der Waals surface area contributed by atoms with Gasteiger partial charge in [-0.1, -0.05) is 13.0 Å². The second-order valence-corrected chi connectivity index (χ2v) is 2.93. The third-order valence-corrected chi connectivity index (χ3v) is 1.54. The molecule has 0 aromatic carbocycles. The third kappa shape index (κ3) is 4.83. The van der Waals surface area contributed by atoms with Crippen LogP contribution in [0, 0.1) is 0 Å². The topological polar surface area (TPSA) is 26.3 Å². The number of carbonyl (C=O) groups excluding carboxylic acids is 1. The van der Waals surface area contributed by atoms with Crippen LogP contribution in [0.4, 0.5) is 8.78 Å². The first-order chi connectivity index (χ1) is 5.91. The van der Waals surface area contributed by atoms with Gasteiger partial charge in [0, 0.05) is 6.42 Å². The van der Waals surface area contributed by atoms with E-state index in [2.05, 4.69) is 22.9 Å². The van der Waals surface area contributed by atoms with Crippen LogP contribution in [0.25, 0.3) is 0 Å². The summed E-state index contributed by atoms with van der Waals surface area (Å²) in [7, 11) is 0. The fourth-order valence-electron chi connectivity index (χ4n) is 0.702. The summed E-state index contributed by atoms with van der Waals surface area (Å²) in [5, 5.41) is -3.94. The Balaban J connectivity index is 4.08. The zero-order valence-electron chi connectivity index (χ0n) is 7.23. The molecule has 0 aromatic rings. The molecule has 0 radical (unpaired) electrons. The molecule has 0 spiro atoms. The van der Waals surface area contributed by atoms with Gasteiger partial charge in [-0.2, -0.15) is 8.78 Å². The predicted molar refractivity (Wildman–Crippen MR) is 45.8 cm³/mol. The van der Waals surface area contributed by atoms with E-state index in [1.165, 1.54) is 6.08 Å². The Morgan fingerprint density at radius 2 is 2.31 bits per heavy atom. The molecule has 0 amide bonds. The first-order valence-corrected chi connectivity index (χ1v) is 4.18. The Kier molecular flexibility index (Phi) is 4.91. The summed E-state index contributed by atoms with van der Waals surface area (Å²) in [4.78, 5) is 10.6. The smallest absolute Gasteiger partial charge is 0.417 e. The van der Waals surface area contributed by atoms with Crippen molar-refractivity contribution in [3.8, 4) is 0 Å². The van der Waals surface area contributed by atoms with E-state index in [0.717, 1.165) is 0 Å². The lowest BCUT2D eigenvalue weighted by atomic mass is 10.2. The van der Waals surface area contributed by atoms with E-state index in [1.54, 1.807) is 6.92 Å². The van der Waals surface area contributed by atoms with E-state index in [0.29, 0.717) is 12.8 Å². The Morgan fingerprint density at radius 1 is 1.77 bits per heavy atom. The molecule has 0 rings (SSSR count).